The second-order valence-corrected chi connectivity index (χ2v) is 6.26. The van der Waals surface area contributed by atoms with Gasteiger partial charge in [-0.05, 0) is 32.4 Å². The van der Waals surface area contributed by atoms with Gasteiger partial charge in [0.1, 0.15) is 5.75 Å². The predicted molar refractivity (Wildman–Crippen MR) is 69.9 cm³/mol. The summed E-state index contributed by atoms with van der Waals surface area (Å²) in [5.41, 5.74) is 8.84. The second-order valence-electron chi connectivity index (χ2n) is 4.63. The molecule has 0 aromatic heterocycles. The summed E-state index contributed by atoms with van der Waals surface area (Å²) in [5, 5.41) is 0. The van der Waals surface area contributed by atoms with E-state index in [2.05, 4.69) is 19.9 Å². The van der Waals surface area contributed by atoms with Gasteiger partial charge in [-0.15, -0.1) is 11.8 Å². The minimum Gasteiger partial charge on any atom is -0.494 e. The van der Waals surface area contributed by atoms with Gasteiger partial charge in [0.15, 0.2) is 0 Å². The molecule has 1 aliphatic heterocycles. The minimum atomic E-state index is 0.0849. The lowest BCUT2D eigenvalue weighted by Gasteiger charge is -2.37. The summed E-state index contributed by atoms with van der Waals surface area (Å²) in [6.45, 7) is 7.14. The standard InChI is InChI=1S/C13H19NOS/c1-4-15-11-7-5-6-9-10(11)8-16-13(2,3)12(9)14/h5-7,12H,4,8,14H2,1-3H3. The zero-order chi connectivity index (χ0) is 11.8. The normalized spacial score (nSPS) is 22.6. The molecule has 0 saturated carbocycles. The van der Waals surface area contributed by atoms with Gasteiger partial charge in [0.05, 0.1) is 6.61 Å². The molecule has 0 aliphatic carbocycles. The van der Waals surface area contributed by atoms with Gasteiger partial charge in [-0.3, -0.25) is 0 Å². The molecule has 3 heteroatoms. The highest BCUT2D eigenvalue weighted by Gasteiger charge is 2.35. The summed E-state index contributed by atoms with van der Waals surface area (Å²) < 4.78 is 5.76. The number of thioether (sulfide) groups is 1. The highest BCUT2D eigenvalue weighted by atomic mass is 32.2. The van der Waals surface area contributed by atoms with E-state index in [4.69, 9.17) is 10.5 Å². The van der Waals surface area contributed by atoms with Crippen LogP contribution in [0.15, 0.2) is 18.2 Å². The average molecular weight is 237 g/mol. The van der Waals surface area contributed by atoms with Crippen molar-refractivity contribution in [3.63, 3.8) is 0 Å². The molecule has 0 amide bonds. The first-order valence-electron chi connectivity index (χ1n) is 5.70. The van der Waals surface area contributed by atoms with Crippen molar-refractivity contribution in [3.05, 3.63) is 29.3 Å². The van der Waals surface area contributed by atoms with E-state index in [0.29, 0.717) is 6.61 Å². The monoisotopic (exact) mass is 237 g/mol. The Bertz CT molecular complexity index is 390. The minimum absolute atomic E-state index is 0.0849. The smallest absolute Gasteiger partial charge is 0.123 e. The Morgan fingerprint density at radius 1 is 1.50 bits per heavy atom. The van der Waals surface area contributed by atoms with Crippen LogP contribution in [0.3, 0.4) is 0 Å². The lowest BCUT2D eigenvalue weighted by molar-refractivity contribution is 0.336. The van der Waals surface area contributed by atoms with Gasteiger partial charge in [0, 0.05) is 22.1 Å². The maximum Gasteiger partial charge on any atom is 0.123 e. The first kappa shape index (κ1) is 11.8. The molecule has 1 atom stereocenters. The maximum atomic E-state index is 6.31. The number of ether oxygens (including phenoxy) is 1. The van der Waals surface area contributed by atoms with Crippen molar-refractivity contribution in [2.45, 2.75) is 37.3 Å². The highest BCUT2D eigenvalue weighted by Crippen LogP contribution is 2.46. The fourth-order valence-corrected chi connectivity index (χ4v) is 3.17. The Morgan fingerprint density at radius 3 is 2.94 bits per heavy atom. The Kier molecular flexibility index (Phi) is 3.17. The molecule has 1 unspecified atom stereocenters. The summed E-state index contributed by atoms with van der Waals surface area (Å²) in [6.07, 6.45) is 0. The molecule has 2 nitrogen and oxygen atoms in total. The largest absolute Gasteiger partial charge is 0.494 e. The molecule has 0 spiro atoms. The zero-order valence-electron chi connectivity index (χ0n) is 10.1. The molecule has 16 heavy (non-hydrogen) atoms. The molecular weight excluding hydrogens is 218 g/mol. The second kappa shape index (κ2) is 4.30. The molecule has 0 radical (unpaired) electrons. The van der Waals surface area contributed by atoms with Crippen LogP contribution in [0.25, 0.3) is 0 Å². The third-order valence-electron chi connectivity index (χ3n) is 3.14. The number of hydrogen-bond acceptors (Lipinski definition) is 3. The SMILES string of the molecule is CCOc1cccc2c1CSC(C)(C)C2N. The van der Waals surface area contributed by atoms with E-state index in [1.54, 1.807) is 0 Å². The van der Waals surface area contributed by atoms with Gasteiger partial charge in [0.2, 0.25) is 0 Å². The van der Waals surface area contributed by atoms with Crippen molar-refractivity contribution in [2.24, 2.45) is 5.73 Å². The van der Waals surface area contributed by atoms with Gasteiger partial charge >= 0.3 is 0 Å². The van der Waals surface area contributed by atoms with E-state index in [-0.39, 0.29) is 10.8 Å². The van der Waals surface area contributed by atoms with Crippen LogP contribution in [0.5, 0.6) is 5.75 Å². The van der Waals surface area contributed by atoms with Crippen molar-refractivity contribution < 1.29 is 4.74 Å². The summed E-state index contributed by atoms with van der Waals surface area (Å²) in [4.78, 5) is 0. The molecule has 1 aromatic carbocycles. The molecule has 1 aromatic rings. The number of fused-ring (bicyclic) bond motifs is 1. The van der Waals surface area contributed by atoms with Crippen LogP contribution in [0, 0.1) is 0 Å². The lowest BCUT2D eigenvalue weighted by Crippen LogP contribution is -2.36. The Balaban J connectivity index is 2.43. The van der Waals surface area contributed by atoms with E-state index in [0.717, 1.165) is 11.5 Å². The van der Waals surface area contributed by atoms with E-state index < -0.39 is 0 Å². The molecule has 1 aliphatic rings. The average Bonchev–Trinajstić information content (AvgIpc) is 2.25. The number of benzene rings is 1. The Morgan fingerprint density at radius 2 is 2.25 bits per heavy atom. The first-order chi connectivity index (χ1) is 7.56. The third-order valence-corrected chi connectivity index (χ3v) is 4.57. The van der Waals surface area contributed by atoms with Crippen LogP contribution >= 0.6 is 11.8 Å². The summed E-state index contributed by atoms with van der Waals surface area (Å²) in [7, 11) is 0. The predicted octanol–water partition coefficient (Wildman–Crippen LogP) is 3.11. The number of hydrogen-bond donors (Lipinski definition) is 1. The van der Waals surface area contributed by atoms with Crippen LogP contribution in [0.4, 0.5) is 0 Å². The van der Waals surface area contributed by atoms with Gasteiger partial charge < -0.3 is 10.5 Å². The van der Waals surface area contributed by atoms with Crippen molar-refractivity contribution in [3.8, 4) is 5.75 Å². The topological polar surface area (TPSA) is 35.2 Å². The van der Waals surface area contributed by atoms with Crippen LogP contribution in [0.2, 0.25) is 0 Å². The van der Waals surface area contributed by atoms with Crippen molar-refractivity contribution in [2.75, 3.05) is 6.61 Å². The number of nitrogens with two attached hydrogens (primary N) is 1. The maximum absolute atomic E-state index is 6.31. The Labute approximate surface area is 102 Å². The van der Waals surface area contributed by atoms with Crippen LogP contribution in [0.1, 0.15) is 37.9 Å². The first-order valence-corrected chi connectivity index (χ1v) is 6.69. The van der Waals surface area contributed by atoms with Crippen molar-refractivity contribution in [1.82, 2.24) is 0 Å². The molecule has 88 valence electrons. The Hall–Kier alpha value is -0.670. The molecule has 1 heterocycles. The van der Waals surface area contributed by atoms with Crippen LogP contribution in [-0.4, -0.2) is 11.4 Å². The molecule has 2 N–H and O–H groups in total. The van der Waals surface area contributed by atoms with Gasteiger partial charge in [-0.2, -0.15) is 0 Å². The fourth-order valence-electron chi connectivity index (χ4n) is 2.04. The third kappa shape index (κ3) is 1.94. The zero-order valence-corrected chi connectivity index (χ0v) is 10.9. The highest BCUT2D eigenvalue weighted by molar-refractivity contribution is 8.00. The summed E-state index contributed by atoms with van der Waals surface area (Å²) in [5.74, 6) is 1.99. The molecular formula is C13H19NOS. The molecule has 0 saturated heterocycles. The van der Waals surface area contributed by atoms with Gasteiger partial charge in [-0.25, -0.2) is 0 Å². The molecule has 0 bridgehead atoms. The molecule has 0 fully saturated rings. The van der Waals surface area contributed by atoms with E-state index in [9.17, 15) is 0 Å². The van der Waals surface area contributed by atoms with E-state index in [1.165, 1.54) is 11.1 Å². The van der Waals surface area contributed by atoms with Crippen molar-refractivity contribution in [1.29, 1.82) is 0 Å². The fraction of sp³-hybridized carbons (Fsp3) is 0.538. The number of rotatable bonds is 2. The van der Waals surface area contributed by atoms with Gasteiger partial charge in [-0.1, -0.05) is 12.1 Å². The summed E-state index contributed by atoms with van der Waals surface area (Å²) in [6, 6.07) is 6.29. The lowest BCUT2D eigenvalue weighted by atomic mass is 9.91. The van der Waals surface area contributed by atoms with Crippen LogP contribution in [-0.2, 0) is 5.75 Å². The van der Waals surface area contributed by atoms with Gasteiger partial charge in [0.25, 0.3) is 0 Å². The van der Waals surface area contributed by atoms with E-state index >= 15 is 0 Å². The quantitative estimate of drug-likeness (QED) is 0.858. The van der Waals surface area contributed by atoms with E-state index in [1.807, 2.05) is 30.8 Å². The molecule has 2 rings (SSSR count). The summed E-state index contributed by atoms with van der Waals surface area (Å²) >= 11 is 1.91. The van der Waals surface area contributed by atoms with Crippen LogP contribution < -0.4 is 10.5 Å². The van der Waals surface area contributed by atoms with Crippen molar-refractivity contribution >= 4 is 11.8 Å².